The van der Waals surface area contributed by atoms with Gasteiger partial charge in [-0.05, 0) is 17.7 Å². The van der Waals surface area contributed by atoms with E-state index in [1.807, 2.05) is 0 Å². The minimum atomic E-state index is -4.39. The lowest BCUT2D eigenvalue weighted by atomic mass is 10.2. The molecule has 0 aliphatic carbocycles. The Labute approximate surface area is 112 Å². The summed E-state index contributed by atoms with van der Waals surface area (Å²) in [4.78, 5) is 4.09. The first-order chi connectivity index (χ1) is 8.86. The lowest BCUT2D eigenvalue weighted by molar-refractivity contribution is -0.137. The van der Waals surface area contributed by atoms with Crippen LogP contribution < -0.4 is 5.73 Å². The Morgan fingerprint density at radius 1 is 1.42 bits per heavy atom. The standard InChI is InChI=1S/C11H9F3N4S/c12-11(13,14)8-4-17-18(6-8)5-7-1-2-16-9(3-7)10(15)19/h1-4,6H,5H2,(H2,15,19). The van der Waals surface area contributed by atoms with Crippen LogP contribution in [0.4, 0.5) is 13.2 Å². The Kier molecular flexibility index (Phi) is 3.52. The number of pyridine rings is 1. The molecule has 0 atom stereocenters. The number of thiocarbonyl (C=S) groups is 1. The average Bonchev–Trinajstić information content (AvgIpc) is 2.77. The van der Waals surface area contributed by atoms with Crippen LogP contribution in [0.2, 0.25) is 0 Å². The van der Waals surface area contributed by atoms with Gasteiger partial charge in [0.15, 0.2) is 0 Å². The van der Waals surface area contributed by atoms with Crippen molar-refractivity contribution in [3.05, 3.63) is 47.5 Å². The molecular formula is C11H9F3N4S. The first kappa shape index (κ1) is 13.5. The monoisotopic (exact) mass is 286 g/mol. The normalized spacial score (nSPS) is 11.5. The maximum atomic E-state index is 12.4. The van der Waals surface area contributed by atoms with Gasteiger partial charge in [-0.15, -0.1) is 0 Å². The molecule has 2 N–H and O–H groups in total. The van der Waals surface area contributed by atoms with Crippen LogP contribution in [0.1, 0.15) is 16.8 Å². The SMILES string of the molecule is NC(=S)c1cc(Cn2cc(C(F)(F)F)cn2)ccn1. The van der Waals surface area contributed by atoms with Gasteiger partial charge in [0.2, 0.25) is 0 Å². The summed E-state index contributed by atoms with van der Waals surface area (Å²) in [6, 6.07) is 3.29. The number of rotatable bonds is 3. The first-order valence-corrected chi connectivity index (χ1v) is 5.61. The number of hydrogen-bond donors (Lipinski definition) is 1. The largest absolute Gasteiger partial charge is 0.419 e. The molecule has 0 saturated heterocycles. The van der Waals surface area contributed by atoms with Crippen molar-refractivity contribution in [2.45, 2.75) is 12.7 Å². The van der Waals surface area contributed by atoms with Crippen molar-refractivity contribution in [2.75, 3.05) is 0 Å². The van der Waals surface area contributed by atoms with Gasteiger partial charge >= 0.3 is 6.18 Å². The Hall–Kier alpha value is -1.96. The number of nitrogens with zero attached hydrogens (tertiary/aromatic N) is 3. The van der Waals surface area contributed by atoms with E-state index in [1.54, 1.807) is 12.1 Å². The van der Waals surface area contributed by atoms with Gasteiger partial charge in [-0.1, -0.05) is 12.2 Å². The highest BCUT2D eigenvalue weighted by atomic mass is 32.1. The van der Waals surface area contributed by atoms with E-state index in [0.717, 1.165) is 18.0 Å². The molecule has 0 bridgehead atoms. The molecule has 100 valence electrons. The Balaban J connectivity index is 2.19. The molecule has 8 heteroatoms. The van der Waals surface area contributed by atoms with E-state index in [4.69, 9.17) is 18.0 Å². The van der Waals surface area contributed by atoms with Crippen molar-refractivity contribution in [2.24, 2.45) is 5.73 Å². The van der Waals surface area contributed by atoms with Crippen LogP contribution >= 0.6 is 12.2 Å². The fourth-order valence-corrected chi connectivity index (χ4v) is 1.60. The van der Waals surface area contributed by atoms with E-state index in [-0.39, 0.29) is 11.5 Å². The molecule has 0 radical (unpaired) electrons. The van der Waals surface area contributed by atoms with Gasteiger partial charge in [0.05, 0.1) is 24.0 Å². The summed E-state index contributed by atoms with van der Waals surface area (Å²) in [5.74, 6) is 0. The highest BCUT2D eigenvalue weighted by molar-refractivity contribution is 7.80. The highest BCUT2D eigenvalue weighted by Gasteiger charge is 2.32. The predicted octanol–water partition coefficient (Wildman–Crippen LogP) is 1.98. The highest BCUT2D eigenvalue weighted by Crippen LogP contribution is 2.28. The van der Waals surface area contributed by atoms with Crippen LogP contribution in [0.3, 0.4) is 0 Å². The predicted molar refractivity (Wildman–Crippen MR) is 66.5 cm³/mol. The molecule has 0 unspecified atom stereocenters. The minimum Gasteiger partial charge on any atom is -0.388 e. The maximum Gasteiger partial charge on any atom is 0.419 e. The second-order valence-corrected chi connectivity index (χ2v) is 4.28. The van der Waals surface area contributed by atoms with Crippen molar-refractivity contribution in [3.8, 4) is 0 Å². The van der Waals surface area contributed by atoms with E-state index < -0.39 is 11.7 Å². The van der Waals surface area contributed by atoms with Crippen molar-refractivity contribution in [1.82, 2.24) is 14.8 Å². The topological polar surface area (TPSA) is 56.7 Å². The molecule has 2 aromatic rings. The summed E-state index contributed by atoms with van der Waals surface area (Å²) in [7, 11) is 0. The van der Waals surface area contributed by atoms with Gasteiger partial charge in [0.1, 0.15) is 4.99 Å². The molecule has 4 nitrogen and oxygen atoms in total. The second kappa shape index (κ2) is 4.96. The number of alkyl halides is 3. The first-order valence-electron chi connectivity index (χ1n) is 5.20. The van der Waals surface area contributed by atoms with Crippen LogP contribution in [-0.2, 0) is 12.7 Å². The number of aromatic nitrogens is 3. The zero-order valence-electron chi connectivity index (χ0n) is 9.55. The number of nitrogens with two attached hydrogens (primary N) is 1. The molecule has 0 amide bonds. The Morgan fingerprint density at radius 2 is 2.16 bits per heavy atom. The van der Waals surface area contributed by atoms with E-state index >= 15 is 0 Å². The second-order valence-electron chi connectivity index (χ2n) is 3.84. The van der Waals surface area contributed by atoms with Crippen molar-refractivity contribution < 1.29 is 13.2 Å². The van der Waals surface area contributed by atoms with Crippen LogP contribution in [-0.4, -0.2) is 19.8 Å². The molecule has 19 heavy (non-hydrogen) atoms. The molecule has 2 rings (SSSR count). The molecular weight excluding hydrogens is 277 g/mol. The van der Waals surface area contributed by atoms with Crippen LogP contribution in [0.25, 0.3) is 0 Å². The molecule has 0 aliphatic rings. The van der Waals surface area contributed by atoms with E-state index in [2.05, 4.69) is 10.1 Å². The molecule has 0 saturated carbocycles. The lowest BCUT2D eigenvalue weighted by Gasteiger charge is -2.04. The Bertz CT molecular complexity index is 606. The smallest absolute Gasteiger partial charge is 0.388 e. The molecule has 0 aliphatic heterocycles. The molecule has 2 aromatic heterocycles. The summed E-state index contributed by atoms with van der Waals surface area (Å²) in [6.07, 6.45) is -1.16. The van der Waals surface area contributed by atoms with E-state index in [0.29, 0.717) is 5.69 Å². The van der Waals surface area contributed by atoms with Gasteiger partial charge < -0.3 is 5.73 Å². The third-order valence-corrected chi connectivity index (χ3v) is 2.59. The van der Waals surface area contributed by atoms with E-state index in [9.17, 15) is 13.2 Å². The summed E-state index contributed by atoms with van der Waals surface area (Å²) >= 11 is 4.78. The fraction of sp³-hybridized carbons (Fsp3) is 0.182. The van der Waals surface area contributed by atoms with Crippen molar-refractivity contribution in [3.63, 3.8) is 0 Å². The van der Waals surface area contributed by atoms with Crippen LogP contribution in [0.5, 0.6) is 0 Å². The zero-order chi connectivity index (χ0) is 14.0. The number of hydrogen-bond acceptors (Lipinski definition) is 3. The van der Waals surface area contributed by atoms with Gasteiger partial charge in [0.25, 0.3) is 0 Å². The summed E-state index contributed by atoms with van der Waals surface area (Å²) < 4.78 is 38.4. The summed E-state index contributed by atoms with van der Waals surface area (Å²) in [5.41, 5.74) is 5.80. The minimum absolute atomic E-state index is 0.137. The molecule has 0 aromatic carbocycles. The number of halogens is 3. The van der Waals surface area contributed by atoms with Gasteiger partial charge in [-0.3, -0.25) is 9.67 Å². The third kappa shape index (κ3) is 3.28. The van der Waals surface area contributed by atoms with Crippen molar-refractivity contribution >= 4 is 17.2 Å². The lowest BCUT2D eigenvalue weighted by Crippen LogP contribution is -2.12. The maximum absolute atomic E-state index is 12.4. The Morgan fingerprint density at radius 3 is 2.74 bits per heavy atom. The molecule has 0 spiro atoms. The van der Waals surface area contributed by atoms with Crippen LogP contribution in [0, 0.1) is 0 Å². The van der Waals surface area contributed by atoms with E-state index in [1.165, 1.54) is 10.9 Å². The van der Waals surface area contributed by atoms with Gasteiger partial charge in [-0.25, -0.2) is 0 Å². The van der Waals surface area contributed by atoms with Crippen molar-refractivity contribution in [1.29, 1.82) is 0 Å². The third-order valence-electron chi connectivity index (χ3n) is 2.38. The van der Waals surface area contributed by atoms with Gasteiger partial charge in [0, 0.05) is 12.4 Å². The summed E-state index contributed by atoms with van der Waals surface area (Å²) in [5, 5.41) is 3.66. The average molecular weight is 286 g/mol. The molecule has 2 heterocycles. The quantitative estimate of drug-likeness (QED) is 0.877. The molecule has 0 fully saturated rings. The zero-order valence-corrected chi connectivity index (χ0v) is 10.4. The fourth-order valence-electron chi connectivity index (χ4n) is 1.49. The van der Waals surface area contributed by atoms with Crippen LogP contribution in [0.15, 0.2) is 30.7 Å². The van der Waals surface area contributed by atoms with Gasteiger partial charge in [-0.2, -0.15) is 18.3 Å². The summed E-state index contributed by atoms with van der Waals surface area (Å²) in [6.45, 7) is 0.189.